The number of hydrogen-bond acceptors (Lipinski definition) is 5. The Bertz CT molecular complexity index is 1200. The van der Waals surface area contributed by atoms with Crippen molar-refractivity contribution >= 4 is 23.7 Å². The van der Waals surface area contributed by atoms with Crippen molar-refractivity contribution < 1.29 is 28.2 Å². The first-order valence-corrected chi connectivity index (χ1v) is 10.7. The van der Waals surface area contributed by atoms with Gasteiger partial charge >= 0.3 is 12.1 Å². The summed E-state index contributed by atoms with van der Waals surface area (Å²) >= 11 is 0. The van der Waals surface area contributed by atoms with Crippen LogP contribution >= 0.6 is 0 Å². The lowest BCUT2D eigenvalue weighted by Crippen LogP contribution is -2.33. The summed E-state index contributed by atoms with van der Waals surface area (Å²) in [5.41, 5.74) is 2.65. The topological polar surface area (TPSA) is 84.9 Å². The molecule has 1 fully saturated rings. The van der Waals surface area contributed by atoms with Gasteiger partial charge in [0.15, 0.2) is 0 Å². The van der Waals surface area contributed by atoms with Gasteiger partial charge in [0.25, 0.3) is 0 Å². The van der Waals surface area contributed by atoms with E-state index in [1.807, 2.05) is 6.07 Å². The van der Waals surface area contributed by atoms with Crippen LogP contribution in [-0.2, 0) is 20.9 Å². The molecule has 0 aromatic heterocycles. The van der Waals surface area contributed by atoms with Crippen molar-refractivity contribution in [2.24, 2.45) is 0 Å². The van der Waals surface area contributed by atoms with E-state index in [1.165, 1.54) is 17.9 Å². The van der Waals surface area contributed by atoms with Gasteiger partial charge in [0.05, 0.1) is 24.3 Å². The Kier molecular flexibility index (Phi) is 6.87. The first-order valence-electron chi connectivity index (χ1n) is 10.7. The SMILES string of the molecule is CC(=O)NCC1CN(c2ccc(-c3ccc(COC(=O)c4ccccc4)cc3)c(F)c2)C(=O)O1. The standard InChI is InChI=1S/C26H23FN2O5/c1-17(30)28-14-22-15-29(26(32)34-22)21-11-12-23(24(27)13-21)19-9-7-18(8-10-19)16-33-25(31)20-5-3-2-4-6-20/h2-13,22H,14-16H2,1H3,(H,28,30). The number of cyclic esters (lactones) is 1. The van der Waals surface area contributed by atoms with Crippen LogP contribution in [0.15, 0.2) is 72.8 Å². The van der Waals surface area contributed by atoms with E-state index in [0.717, 1.165) is 5.56 Å². The van der Waals surface area contributed by atoms with E-state index >= 15 is 0 Å². The van der Waals surface area contributed by atoms with Crippen LogP contribution in [0.5, 0.6) is 0 Å². The Morgan fingerprint density at radius 3 is 2.50 bits per heavy atom. The molecular weight excluding hydrogens is 439 g/mol. The summed E-state index contributed by atoms with van der Waals surface area (Å²) in [6.45, 7) is 1.90. The maximum atomic E-state index is 14.9. The molecule has 174 valence electrons. The van der Waals surface area contributed by atoms with Crippen molar-refractivity contribution in [1.82, 2.24) is 5.32 Å². The van der Waals surface area contributed by atoms with Crippen LogP contribution in [0.4, 0.5) is 14.9 Å². The summed E-state index contributed by atoms with van der Waals surface area (Å²) in [7, 11) is 0. The van der Waals surface area contributed by atoms with E-state index in [9.17, 15) is 18.8 Å². The molecule has 4 rings (SSSR count). The van der Waals surface area contributed by atoms with E-state index in [2.05, 4.69) is 5.32 Å². The zero-order valence-corrected chi connectivity index (χ0v) is 18.5. The maximum Gasteiger partial charge on any atom is 0.414 e. The minimum atomic E-state index is -0.586. The molecule has 3 aromatic carbocycles. The number of halogens is 1. The number of nitrogens with zero attached hydrogens (tertiary/aromatic N) is 1. The lowest BCUT2D eigenvalue weighted by molar-refractivity contribution is -0.119. The predicted molar refractivity (Wildman–Crippen MR) is 124 cm³/mol. The molecule has 0 saturated carbocycles. The van der Waals surface area contributed by atoms with Gasteiger partial charge in [-0.05, 0) is 41.5 Å². The van der Waals surface area contributed by atoms with Gasteiger partial charge in [-0.2, -0.15) is 0 Å². The number of ether oxygens (including phenoxy) is 2. The zero-order valence-electron chi connectivity index (χ0n) is 18.5. The largest absolute Gasteiger partial charge is 0.457 e. The van der Waals surface area contributed by atoms with Crippen LogP contribution in [-0.4, -0.2) is 37.2 Å². The number of esters is 1. The Balaban J connectivity index is 1.39. The maximum absolute atomic E-state index is 14.9. The summed E-state index contributed by atoms with van der Waals surface area (Å²) in [5.74, 6) is -1.12. The van der Waals surface area contributed by atoms with Crippen LogP contribution in [0, 0.1) is 5.82 Å². The minimum Gasteiger partial charge on any atom is -0.457 e. The molecule has 0 aliphatic carbocycles. The number of nitrogens with one attached hydrogen (secondary N) is 1. The Morgan fingerprint density at radius 1 is 1.09 bits per heavy atom. The molecule has 8 heteroatoms. The van der Waals surface area contributed by atoms with E-state index in [1.54, 1.807) is 60.7 Å². The van der Waals surface area contributed by atoms with E-state index in [0.29, 0.717) is 22.4 Å². The highest BCUT2D eigenvalue weighted by molar-refractivity contribution is 5.90. The van der Waals surface area contributed by atoms with E-state index < -0.39 is 24.0 Å². The third-order valence-corrected chi connectivity index (χ3v) is 5.36. The van der Waals surface area contributed by atoms with Crippen molar-refractivity contribution in [2.75, 3.05) is 18.0 Å². The third kappa shape index (κ3) is 5.40. The van der Waals surface area contributed by atoms with E-state index in [-0.39, 0.29) is 25.6 Å². The smallest absolute Gasteiger partial charge is 0.414 e. The van der Waals surface area contributed by atoms with Gasteiger partial charge in [-0.25, -0.2) is 14.0 Å². The number of benzene rings is 3. The van der Waals surface area contributed by atoms with Crippen molar-refractivity contribution in [3.8, 4) is 11.1 Å². The van der Waals surface area contributed by atoms with E-state index in [4.69, 9.17) is 9.47 Å². The molecule has 2 amide bonds. The molecule has 34 heavy (non-hydrogen) atoms. The molecule has 1 aliphatic heterocycles. The van der Waals surface area contributed by atoms with Gasteiger partial charge in [0.2, 0.25) is 5.91 Å². The monoisotopic (exact) mass is 462 g/mol. The van der Waals surface area contributed by atoms with Crippen LogP contribution in [0.3, 0.4) is 0 Å². The minimum absolute atomic E-state index is 0.103. The fraction of sp³-hybridized carbons (Fsp3) is 0.192. The Labute approximate surface area is 196 Å². The zero-order chi connectivity index (χ0) is 24.1. The molecule has 7 nitrogen and oxygen atoms in total. The first-order chi connectivity index (χ1) is 16.4. The first kappa shape index (κ1) is 23.0. The number of amides is 2. The van der Waals surface area contributed by atoms with Crippen molar-refractivity contribution in [2.45, 2.75) is 19.6 Å². The van der Waals surface area contributed by atoms with Gasteiger partial charge in [0, 0.05) is 12.5 Å². The van der Waals surface area contributed by atoms with Crippen molar-refractivity contribution in [1.29, 1.82) is 0 Å². The number of rotatable bonds is 7. The fourth-order valence-corrected chi connectivity index (χ4v) is 3.59. The third-order valence-electron chi connectivity index (χ3n) is 5.36. The number of carbonyl (C=O) groups is 3. The molecule has 1 unspecified atom stereocenters. The summed E-state index contributed by atoms with van der Waals surface area (Å²) in [6, 6.07) is 20.3. The second-order valence-electron chi connectivity index (χ2n) is 7.86. The summed E-state index contributed by atoms with van der Waals surface area (Å²) in [5, 5.41) is 2.61. The molecule has 1 aliphatic rings. The average Bonchev–Trinajstić information content (AvgIpc) is 3.22. The lowest BCUT2D eigenvalue weighted by Gasteiger charge is -2.15. The van der Waals surface area contributed by atoms with Gasteiger partial charge in [-0.1, -0.05) is 42.5 Å². The van der Waals surface area contributed by atoms with Gasteiger partial charge in [0.1, 0.15) is 18.5 Å². The highest BCUT2D eigenvalue weighted by atomic mass is 19.1. The molecular formula is C26H23FN2O5. The molecule has 0 spiro atoms. The summed E-state index contributed by atoms with van der Waals surface area (Å²) in [4.78, 5) is 36.6. The summed E-state index contributed by atoms with van der Waals surface area (Å²) in [6.07, 6.45) is -1.08. The van der Waals surface area contributed by atoms with Crippen LogP contribution in [0.25, 0.3) is 11.1 Å². The molecule has 0 radical (unpaired) electrons. The summed E-state index contributed by atoms with van der Waals surface area (Å²) < 4.78 is 25.5. The van der Waals surface area contributed by atoms with Crippen LogP contribution in [0.2, 0.25) is 0 Å². The normalized spacial score (nSPS) is 15.1. The number of hydrogen-bond donors (Lipinski definition) is 1. The molecule has 1 atom stereocenters. The predicted octanol–water partition coefficient (Wildman–Crippen LogP) is 4.31. The van der Waals surface area contributed by atoms with Crippen LogP contribution < -0.4 is 10.2 Å². The van der Waals surface area contributed by atoms with Gasteiger partial charge in [-0.3, -0.25) is 9.69 Å². The highest BCUT2D eigenvalue weighted by Gasteiger charge is 2.32. The quantitative estimate of drug-likeness (QED) is 0.529. The molecule has 0 bridgehead atoms. The second kappa shape index (κ2) is 10.2. The number of anilines is 1. The van der Waals surface area contributed by atoms with Crippen molar-refractivity contribution in [3.63, 3.8) is 0 Å². The van der Waals surface area contributed by atoms with Crippen molar-refractivity contribution in [3.05, 3.63) is 89.7 Å². The van der Waals surface area contributed by atoms with Gasteiger partial charge < -0.3 is 14.8 Å². The molecule has 3 aromatic rings. The fourth-order valence-electron chi connectivity index (χ4n) is 3.59. The molecule has 1 heterocycles. The number of carbonyl (C=O) groups excluding carboxylic acids is 3. The van der Waals surface area contributed by atoms with Gasteiger partial charge in [-0.15, -0.1) is 0 Å². The highest BCUT2D eigenvalue weighted by Crippen LogP contribution is 2.29. The molecule has 1 saturated heterocycles. The molecule has 1 N–H and O–H groups in total. The Hall–Kier alpha value is -4.20. The second-order valence-corrected chi connectivity index (χ2v) is 7.86. The van der Waals surface area contributed by atoms with Crippen LogP contribution in [0.1, 0.15) is 22.8 Å². The average molecular weight is 462 g/mol. The lowest BCUT2D eigenvalue weighted by atomic mass is 10.0. The Morgan fingerprint density at radius 2 is 1.82 bits per heavy atom.